The largest absolute Gasteiger partial charge is 0.618 e. The summed E-state index contributed by atoms with van der Waals surface area (Å²) in [6.45, 7) is 2.00. The van der Waals surface area contributed by atoms with Gasteiger partial charge in [-0.05, 0) is 30.7 Å². The van der Waals surface area contributed by atoms with E-state index in [9.17, 15) is 5.21 Å². The maximum absolute atomic E-state index is 13.1. The fraction of sp³-hybridized carbons (Fsp3) is 0.0476. The van der Waals surface area contributed by atoms with Crippen LogP contribution in [0.2, 0.25) is 0 Å². The van der Waals surface area contributed by atoms with Crippen LogP contribution < -0.4 is 4.73 Å². The molecule has 116 valence electrons. The third-order valence-corrected chi connectivity index (χ3v) is 4.10. The molecule has 0 aliphatic heterocycles. The molecule has 4 rings (SSSR count). The van der Waals surface area contributed by atoms with Gasteiger partial charge in [0.2, 0.25) is 5.52 Å². The van der Waals surface area contributed by atoms with Crippen molar-refractivity contribution >= 4 is 11.0 Å². The first-order valence-corrected chi connectivity index (χ1v) is 7.89. The average Bonchev–Trinajstić information content (AvgIpc) is 2.63. The summed E-state index contributed by atoms with van der Waals surface area (Å²) in [6.07, 6.45) is 0. The lowest BCUT2D eigenvalue weighted by molar-refractivity contribution is -0.564. The van der Waals surface area contributed by atoms with E-state index in [2.05, 4.69) is 0 Å². The van der Waals surface area contributed by atoms with Crippen molar-refractivity contribution in [2.24, 2.45) is 0 Å². The molecule has 0 aliphatic carbocycles. The molecule has 3 aromatic carbocycles. The van der Waals surface area contributed by atoms with E-state index in [4.69, 9.17) is 4.98 Å². The van der Waals surface area contributed by atoms with Crippen LogP contribution >= 0.6 is 0 Å². The Morgan fingerprint density at radius 1 is 0.792 bits per heavy atom. The highest BCUT2D eigenvalue weighted by Gasteiger charge is 2.22. The molecule has 3 nitrogen and oxygen atoms in total. The van der Waals surface area contributed by atoms with Crippen LogP contribution in [0.25, 0.3) is 33.5 Å². The van der Waals surface area contributed by atoms with Gasteiger partial charge in [-0.3, -0.25) is 0 Å². The zero-order valence-corrected chi connectivity index (χ0v) is 13.3. The number of benzene rings is 3. The first kappa shape index (κ1) is 14.4. The average molecular weight is 312 g/mol. The van der Waals surface area contributed by atoms with Gasteiger partial charge in [-0.2, -0.15) is 4.73 Å². The summed E-state index contributed by atoms with van der Waals surface area (Å²) in [4.78, 5) is 4.82. The van der Waals surface area contributed by atoms with Gasteiger partial charge in [0, 0.05) is 17.2 Å². The molecule has 0 saturated carbocycles. The number of rotatable bonds is 2. The Morgan fingerprint density at radius 3 is 2.08 bits per heavy atom. The monoisotopic (exact) mass is 312 g/mol. The van der Waals surface area contributed by atoms with Crippen molar-refractivity contribution in [3.63, 3.8) is 0 Å². The van der Waals surface area contributed by atoms with Gasteiger partial charge in [-0.15, -0.1) is 0 Å². The molecule has 0 saturated heterocycles. The van der Waals surface area contributed by atoms with Crippen molar-refractivity contribution in [3.05, 3.63) is 89.6 Å². The lowest BCUT2D eigenvalue weighted by Gasteiger charge is -2.12. The Bertz CT molecular complexity index is 1010. The third kappa shape index (κ3) is 2.40. The minimum atomic E-state index is 0.582. The quantitative estimate of drug-likeness (QED) is 0.403. The van der Waals surface area contributed by atoms with Crippen LogP contribution in [0.3, 0.4) is 0 Å². The maximum Gasteiger partial charge on any atom is 0.250 e. The molecule has 0 N–H and O–H groups in total. The van der Waals surface area contributed by atoms with E-state index in [0.717, 1.165) is 21.4 Å². The zero-order chi connectivity index (χ0) is 16.5. The van der Waals surface area contributed by atoms with Gasteiger partial charge >= 0.3 is 0 Å². The minimum Gasteiger partial charge on any atom is -0.618 e. The Hall–Kier alpha value is -3.20. The summed E-state index contributed by atoms with van der Waals surface area (Å²) in [5.41, 5.74) is 5.46. The van der Waals surface area contributed by atoms with Crippen LogP contribution in [0.15, 0.2) is 78.9 Å². The molecule has 0 fully saturated rings. The summed E-state index contributed by atoms with van der Waals surface area (Å²) in [5.74, 6) is 0. The summed E-state index contributed by atoms with van der Waals surface area (Å²) >= 11 is 0. The van der Waals surface area contributed by atoms with E-state index in [0.29, 0.717) is 22.4 Å². The van der Waals surface area contributed by atoms with Crippen LogP contribution in [0, 0.1) is 12.1 Å². The van der Waals surface area contributed by atoms with Crippen LogP contribution in [-0.2, 0) is 0 Å². The molecule has 0 spiro atoms. The van der Waals surface area contributed by atoms with Gasteiger partial charge in [0.15, 0.2) is 0 Å². The van der Waals surface area contributed by atoms with E-state index in [1.165, 1.54) is 0 Å². The van der Waals surface area contributed by atoms with Crippen LogP contribution in [0.5, 0.6) is 0 Å². The number of aryl methyl sites for hydroxylation is 1. The van der Waals surface area contributed by atoms with Crippen molar-refractivity contribution in [2.75, 3.05) is 0 Å². The molecule has 3 heteroatoms. The topological polar surface area (TPSA) is 39.8 Å². The molecule has 0 aliphatic rings. The Morgan fingerprint density at radius 2 is 1.42 bits per heavy atom. The molecule has 1 aromatic heterocycles. The zero-order valence-electron chi connectivity index (χ0n) is 13.3. The number of nitrogens with zero attached hydrogens (tertiary/aromatic N) is 2. The van der Waals surface area contributed by atoms with Gasteiger partial charge < -0.3 is 5.21 Å². The normalized spacial score (nSPS) is 10.9. The van der Waals surface area contributed by atoms with Crippen LogP contribution in [0.1, 0.15) is 5.56 Å². The van der Waals surface area contributed by atoms with Crippen molar-refractivity contribution in [2.45, 2.75) is 6.92 Å². The van der Waals surface area contributed by atoms with Crippen LogP contribution in [-0.4, -0.2) is 4.98 Å². The second kappa shape index (κ2) is 5.78. The summed E-state index contributed by atoms with van der Waals surface area (Å²) in [5, 5.41) is 13.1. The fourth-order valence-corrected chi connectivity index (χ4v) is 2.93. The third-order valence-electron chi connectivity index (χ3n) is 4.10. The molecule has 0 amide bonds. The molecule has 0 bridgehead atoms. The van der Waals surface area contributed by atoms with Gasteiger partial charge in [-0.25, -0.2) is 4.98 Å². The van der Waals surface area contributed by atoms with Crippen molar-refractivity contribution in [3.8, 4) is 22.5 Å². The van der Waals surface area contributed by atoms with Crippen LogP contribution in [0.4, 0.5) is 0 Å². The van der Waals surface area contributed by atoms with Gasteiger partial charge in [0.1, 0.15) is 11.2 Å². The first-order valence-electron chi connectivity index (χ1n) is 7.89. The SMILES string of the molecule is Cc1ccc2c(c1)nc(-c1ccccc1)c(-c1ccccc1)[n+]2[O-]. The fourth-order valence-electron chi connectivity index (χ4n) is 2.93. The van der Waals surface area contributed by atoms with Gasteiger partial charge in [-0.1, -0.05) is 54.6 Å². The van der Waals surface area contributed by atoms with Crippen molar-refractivity contribution in [1.29, 1.82) is 0 Å². The maximum atomic E-state index is 13.1. The second-order valence-corrected chi connectivity index (χ2v) is 5.83. The number of fused-ring (bicyclic) bond motifs is 1. The molecule has 4 aromatic rings. The number of aromatic nitrogens is 2. The van der Waals surface area contributed by atoms with Crippen molar-refractivity contribution in [1.82, 2.24) is 4.98 Å². The Balaban J connectivity index is 2.11. The number of hydrogen-bond acceptors (Lipinski definition) is 2. The number of hydrogen-bond donors (Lipinski definition) is 0. The highest BCUT2D eigenvalue weighted by Crippen LogP contribution is 2.29. The lowest BCUT2D eigenvalue weighted by Crippen LogP contribution is -2.31. The van der Waals surface area contributed by atoms with E-state index in [1.807, 2.05) is 85.8 Å². The van der Waals surface area contributed by atoms with E-state index in [-0.39, 0.29) is 0 Å². The smallest absolute Gasteiger partial charge is 0.250 e. The summed E-state index contributed by atoms with van der Waals surface area (Å²) in [7, 11) is 0. The summed E-state index contributed by atoms with van der Waals surface area (Å²) in [6, 6.07) is 25.3. The standard InChI is InChI=1S/C21H16N2O/c1-15-12-13-19-18(14-15)22-20(16-8-4-2-5-9-16)21(23(19)24)17-10-6-3-7-11-17/h2-14H,1H3. The Kier molecular flexibility index (Phi) is 3.47. The van der Waals surface area contributed by atoms with E-state index < -0.39 is 0 Å². The van der Waals surface area contributed by atoms with Crippen molar-refractivity contribution < 1.29 is 4.73 Å². The second-order valence-electron chi connectivity index (χ2n) is 5.83. The molecule has 0 unspecified atom stereocenters. The molecule has 24 heavy (non-hydrogen) atoms. The molecule has 1 heterocycles. The van der Waals surface area contributed by atoms with E-state index in [1.54, 1.807) is 0 Å². The van der Waals surface area contributed by atoms with E-state index >= 15 is 0 Å². The Labute approximate surface area is 140 Å². The van der Waals surface area contributed by atoms with Gasteiger partial charge in [0.05, 0.1) is 0 Å². The molecule has 0 radical (unpaired) electrons. The predicted molar refractivity (Wildman–Crippen MR) is 96.3 cm³/mol. The highest BCUT2D eigenvalue weighted by atomic mass is 16.5. The molecular formula is C21H16N2O. The summed E-state index contributed by atoms with van der Waals surface area (Å²) < 4.78 is 0.999. The molecular weight excluding hydrogens is 296 g/mol. The predicted octanol–water partition coefficient (Wildman–Crippen LogP) is 4.51. The molecule has 0 atom stereocenters. The minimum absolute atomic E-state index is 0.582. The van der Waals surface area contributed by atoms with Gasteiger partial charge in [0.25, 0.3) is 5.69 Å². The first-order chi connectivity index (χ1) is 11.7. The highest BCUT2D eigenvalue weighted by molar-refractivity contribution is 5.82. The lowest BCUT2D eigenvalue weighted by atomic mass is 10.0.